The van der Waals surface area contributed by atoms with E-state index in [0.717, 1.165) is 16.3 Å². The van der Waals surface area contributed by atoms with Crippen LogP contribution in [0.2, 0.25) is 0 Å². The molecule has 0 spiro atoms. The van der Waals surface area contributed by atoms with E-state index in [2.05, 4.69) is 4.98 Å². The topological polar surface area (TPSA) is 122 Å². The number of thioether (sulfide) groups is 1. The summed E-state index contributed by atoms with van der Waals surface area (Å²) < 4.78 is 3.86. The summed E-state index contributed by atoms with van der Waals surface area (Å²) in [4.78, 5) is 51.2. The van der Waals surface area contributed by atoms with E-state index in [0.29, 0.717) is 10.8 Å². The monoisotopic (exact) mass is 389 g/mol. The molecule has 3 rings (SSSR count). The highest BCUT2D eigenvalue weighted by molar-refractivity contribution is 7.99. The maximum Gasteiger partial charge on any atom is 0.332 e. The van der Waals surface area contributed by atoms with Gasteiger partial charge >= 0.3 is 5.69 Å². The maximum atomic E-state index is 12.4. The first-order chi connectivity index (χ1) is 12.7. The van der Waals surface area contributed by atoms with Crippen LogP contribution in [0.5, 0.6) is 0 Å². The summed E-state index contributed by atoms with van der Waals surface area (Å²) in [7, 11) is 4.56. The minimum absolute atomic E-state index is 0.0212. The van der Waals surface area contributed by atoms with Crippen LogP contribution in [0, 0.1) is 10.1 Å². The molecule has 0 aliphatic heterocycles. The van der Waals surface area contributed by atoms with Gasteiger partial charge in [0.25, 0.3) is 11.2 Å². The van der Waals surface area contributed by atoms with E-state index < -0.39 is 16.2 Å². The number of hydrogen-bond donors (Lipinski definition) is 0. The number of fused-ring (bicyclic) bond motifs is 1. The van der Waals surface area contributed by atoms with Crippen LogP contribution in [0.15, 0.2) is 39.0 Å². The largest absolute Gasteiger partial charge is 0.332 e. The van der Waals surface area contributed by atoms with E-state index in [4.69, 9.17) is 0 Å². The van der Waals surface area contributed by atoms with Gasteiger partial charge in [-0.2, -0.15) is 0 Å². The summed E-state index contributed by atoms with van der Waals surface area (Å²) in [6.45, 7) is 0. The number of Topliss-reactive ketones (excluding diaryl/α,β-unsaturated/α-hetero) is 1. The van der Waals surface area contributed by atoms with E-state index >= 15 is 0 Å². The Morgan fingerprint density at radius 1 is 1.19 bits per heavy atom. The lowest BCUT2D eigenvalue weighted by Crippen LogP contribution is -2.37. The number of aryl methyl sites for hydroxylation is 2. The normalized spacial score (nSPS) is 11.1. The molecule has 11 heteroatoms. The molecular formula is C16H15N5O5S. The van der Waals surface area contributed by atoms with Crippen LogP contribution >= 0.6 is 11.8 Å². The van der Waals surface area contributed by atoms with Crippen molar-refractivity contribution in [2.24, 2.45) is 21.1 Å². The predicted molar refractivity (Wildman–Crippen MR) is 99.3 cm³/mol. The fourth-order valence-electron chi connectivity index (χ4n) is 2.69. The van der Waals surface area contributed by atoms with Crippen molar-refractivity contribution in [1.29, 1.82) is 0 Å². The number of non-ortho nitro benzene ring substituents is 1. The van der Waals surface area contributed by atoms with Gasteiger partial charge in [-0.15, -0.1) is 0 Å². The first-order valence-electron chi connectivity index (χ1n) is 7.75. The summed E-state index contributed by atoms with van der Waals surface area (Å²) >= 11 is 1.09. The van der Waals surface area contributed by atoms with Crippen molar-refractivity contribution >= 4 is 34.4 Å². The van der Waals surface area contributed by atoms with Crippen molar-refractivity contribution in [2.45, 2.75) is 5.16 Å². The number of ketones is 1. The van der Waals surface area contributed by atoms with Crippen LogP contribution in [0.4, 0.5) is 5.69 Å². The Bertz CT molecular complexity index is 1210. The SMILES string of the molecule is Cn1c(=O)c2nc(SCC(=O)c3cccc([N+](=O)[O-])c3)n(C)c2n(C)c1=O. The molecule has 2 heterocycles. The van der Waals surface area contributed by atoms with Crippen molar-refractivity contribution in [3.63, 3.8) is 0 Å². The molecule has 0 aliphatic rings. The number of nitro groups is 1. The van der Waals surface area contributed by atoms with Crippen molar-refractivity contribution in [1.82, 2.24) is 18.7 Å². The Hall–Kier alpha value is -3.21. The summed E-state index contributed by atoms with van der Waals surface area (Å²) in [5.41, 5.74) is -0.438. The van der Waals surface area contributed by atoms with Crippen LogP contribution in [-0.4, -0.2) is 35.1 Å². The highest BCUT2D eigenvalue weighted by Gasteiger charge is 2.19. The van der Waals surface area contributed by atoms with Gasteiger partial charge in [0, 0.05) is 38.8 Å². The Balaban J connectivity index is 1.92. The van der Waals surface area contributed by atoms with Gasteiger partial charge in [0.1, 0.15) is 0 Å². The minimum Gasteiger partial charge on any atom is -0.308 e. The van der Waals surface area contributed by atoms with Gasteiger partial charge in [-0.05, 0) is 0 Å². The van der Waals surface area contributed by atoms with Crippen LogP contribution < -0.4 is 11.2 Å². The Morgan fingerprint density at radius 3 is 2.56 bits per heavy atom. The molecule has 0 aliphatic carbocycles. The van der Waals surface area contributed by atoms with E-state index in [1.807, 2.05) is 0 Å². The first kappa shape index (κ1) is 18.6. The average Bonchev–Trinajstić information content (AvgIpc) is 2.99. The molecule has 10 nitrogen and oxygen atoms in total. The van der Waals surface area contributed by atoms with Crippen LogP contribution in [0.1, 0.15) is 10.4 Å². The molecular weight excluding hydrogens is 374 g/mol. The third kappa shape index (κ3) is 3.16. The van der Waals surface area contributed by atoms with Crippen molar-refractivity contribution in [3.8, 4) is 0 Å². The minimum atomic E-state index is -0.564. The fourth-order valence-corrected chi connectivity index (χ4v) is 3.56. The molecule has 140 valence electrons. The van der Waals surface area contributed by atoms with Gasteiger partial charge < -0.3 is 4.57 Å². The number of aromatic nitrogens is 4. The van der Waals surface area contributed by atoms with E-state index in [1.54, 1.807) is 11.6 Å². The van der Waals surface area contributed by atoms with Crippen LogP contribution in [0.25, 0.3) is 11.2 Å². The number of benzene rings is 1. The molecule has 0 radical (unpaired) electrons. The number of hydrogen-bond acceptors (Lipinski definition) is 7. The number of carbonyl (C=O) groups excluding carboxylic acids is 1. The van der Waals surface area contributed by atoms with Gasteiger partial charge in [0.2, 0.25) is 0 Å². The molecule has 0 saturated carbocycles. The maximum absolute atomic E-state index is 12.4. The third-order valence-corrected chi connectivity index (χ3v) is 5.16. The first-order valence-corrected chi connectivity index (χ1v) is 8.73. The standard InChI is InChI=1S/C16H15N5O5S/c1-18-13-12(14(23)20(3)16(24)19(13)2)17-15(18)27-8-11(22)9-5-4-6-10(7-9)21(25)26/h4-7H,8H2,1-3H3. The molecule has 0 atom stereocenters. The highest BCUT2D eigenvalue weighted by atomic mass is 32.2. The molecule has 3 aromatic rings. The molecule has 0 fully saturated rings. The average molecular weight is 389 g/mol. The molecule has 2 aromatic heterocycles. The summed E-state index contributed by atoms with van der Waals surface area (Å²) in [5.74, 6) is -0.329. The second-order valence-corrected chi connectivity index (χ2v) is 6.79. The zero-order valence-electron chi connectivity index (χ0n) is 14.7. The molecule has 0 N–H and O–H groups in total. The van der Waals surface area contributed by atoms with Crippen molar-refractivity contribution < 1.29 is 9.72 Å². The molecule has 0 amide bonds. The molecule has 0 unspecified atom stereocenters. The molecule has 27 heavy (non-hydrogen) atoms. The molecule has 1 aromatic carbocycles. The van der Waals surface area contributed by atoms with Crippen molar-refractivity contribution in [2.75, 3.05) is 5.75 Å². The Kier molecular flexibility index (Phi) is 4.70. The second kappa shape index (κ2) is 6.83. The zero-order valence-corrected chi connectivity index (χ0v) is 15.5. The lowest BCUT2D eigenvalue weighted by molar-refractivity contribution is -0.384. The smallest absolute Gasteiger partial charge is 0.308 e. The second-order valence-electron chi connectivity index (χ2n) is 5.85. The lowest BCUT2D eigenvalue weighted by Gasteiger charge is -2.06. The summed E-state index contributed by atoms with van der Waals surface area (Å²) in [6.07, 6.45) is 0. The summed E-state index contributed by atoms with van der Waals surface area (Å²) in [5, 5.41) is 11.2. The molecule has 0 saturated heterocycles. The Labute approximate surface area is 156 Å². The van der Waals surface area contributed by atoms with Gasteiger partial charge in [-0.3, -0.25) is 28.8 Å². The number of nitrogens with zero attached hydrogens (tertiary/aromatic N) is 5. The number of imidazole rings is 1. The van der Waals surface area contributed by atoms with Gasteiger partial charge in [-0.1, -0.05) is 23.9 Å². The predicted octanol–water partition coefficient (Wildman–Crippen LogP) is 0.854. The van der Waals surface area contributed by atoms with Crippen molar-refractivity contribution in [3.05, 3.63) is 60.8 Å². The number of rotatable bonds is 5. The lowest BCUT2D eigenvalue weighted by atomic mass is 10.1. The highest BCUT2D eigenvalue weighted by Crippen LogP contribution is 2.22. The molecule has 0 bridgehead atoms. The quantitative estimate of drug-likeness (QED) is 0.274. The van der Waals surface area contributed by atoms with Gasteiger partial charge in [0.05, 0.1) is 10.7 Å². The summed E-state index contributed by atoms with van der Waals surface area (Å²) in [6, 6.07) is 5.48. The van der Waals surface area contributed by atoms with E-state index in [-0.39, 0.29) is 28.3 Å². The number of carbonyl (C=O) groups is 1. The third-order valence-electron chi connectivity index (χ3n) is 4.13. The van der Waals surface area contributed by atoms with Gasteiger partial charge in [-0.25, -0.2) is 9.78 Å². The van der Waals surface area contributed by atoms with Crippen LogP contribution in [0.3, 0.4) is 0 Å². The fraction of sp³-hybridized carbons (Fsp3) is 0.250. The zero-order chi connectivity index (χ0) is 19.9. The Morgan fingerprint density at radius 2 is 1.89 bits per heavy atom. The van der Waals surface area contributed by atoms with Gasteiger partial charge in [0.15, 0.2) is 22.1 Å². The van der Waals surface area contributed by atoms with E-state index in [1.165, 1.54) is 42.9 Å². The number of nitro benzene ring substituents is 1. The van der Waals surface area contributed by atoms with Crippen LogP contribution in [-0.2, 0) is 21.1 Å². The van der Waals surface area contributed by atoms with E-state index in [9.17, 15) is 24.5 Å².